The van der Waals surface area contributed by atoms with Crippen LogP contribution < -0.4 is 5.32 Å². The van der Waals surface area contributed by atoms with E-state index in [0.717, 1.165) is 17.1 Å². The zero-order chi connectivity index (χ0) is 12.1. The van der Waals surface area contributed by atoms with Gasteiger partial charge in [-0.05, 0) is 31.3 Å². The van der Waals surface area contributed by atoms with Gasteiger partial charge in [-0.3, -0.25) is 0 Å². The van der Waals surface area contributed by atoms with Crippen molar-refractivity contribution in [2.45, 2.75) is 30.1 Å². The number of hydrogen-bond acceptors (Lipinski definition) is 5. The van der Waals surface area contributed by atoms with Crippen LogP contribution in [0.2, 0.25) is 0 Å². The van der Waals surface area contributed by atoms with E-state index in [1.165, 1.54) is 11.8 Å². The van der Waals surface area contributed by atoms with Crippen LogP contribution in [0.3, 0.4) is 0 Å². The Morgan fingerprint density at radius 1 is 1.41 bits per heavy atom. The summed E-state index contributed by atoms with van der Waals surface area (Å²) in [6.07, 6.45) is 4.99. The lowest BCUT2D eigenvalue weighted by molar-refractivity contribution is 0.453. The first-order valence-electron chi connectivity index (χ1n) is 5.57. The maximum atomic E-state index is 5.22. The van der Waals surface area contributed by atoms with Crippen molar-refractivity contribution >= 4 is 11.8 Å². The zero-order valence-corrected chi connectivity index (χ0v) is 10.7. The van der Waals surface area contributed by atoms with Crippen molar-refractivity contribution in [3.63, 3.8) is 0 Å². The van der Waals surface area contributed by atoms with Gasteiger partial charge in [-0.1, -0.05) is 13.0 Å². The summed E-state index contributed by atoms with van der Waals surface area (Å²) >= 11 is 1.45. The van der Waals surface area contributed by atoms with Crippen LogP contribution >= 0.6 is 11.8 Å². The number of nitrogens with zero attached hydrogens (tertiary/aromatic N) is 2. The van der Waals surface area contributed by atoms with Gasteiger partial charge in [0, 0.05) is 17.8 Å². The van der Waals surface area contributed by atoms with Gasteiger partial charge in [0.05, 0.1) is 6.20 Å². The summed E-state index contributed by atoms with van der Waals surface area (Å²) < 4.78 is 5.22. The van der Waals surface area contributed by atoms with E-state index in [9.17, 15) is 0 Å². The number of aromatic nitrogens is 2. The largest absolute Gasteiger partial charge is 0.440 e. The molecule has 0 saturated heterocycles. The molecule has 2 rings (SSSR count). The van der Waals surface area contributed by atoms with Crippen molar-refractivity contribution in [1.29, 1.82) is 0 Å². The molecule has 0 aliphatic heterocycles. The Morgan fingerprint density at radius 3 is 3.00 bits per heavy atom. The molecule has 5 heteroatoms. The summed E-state index contributed by atoms with van der Waals surface area (Å²) in [5.74, 6) is 0. The van der Waals surface area contributed by atoms with E-state index >= 15 is 0 Å². The second-order valence-corrected chi connectivity index (χ2v) is 4.52. The van der Waals surface area contributed by atoms with Gasteiger partial charge in [-0.25, -0.2) is 9.97 Å². The van der Waals surface area contributed by atoms with E-state index in [1.807, 2.05) is 6.07 Å². The van der Waals surface area contributed by atoms with Gasteiger partial charge >= 0.3 is 0 Å². The number of nitrogens with one attached hydrogen (secondary N) is 1. The van der Waals surface area contributed by atoms with Crippen LogP contribution in [-0.2, 0) is 0 Å². The minimum atomic E-state index is 0.270. The van der Waals surface area contributed by atoms with Gasteiger partial charge < -0.3 is 9.73 Å². The lowest BCUT2D eigenvalue weighted by Gasteiger charge is -2.14. The van der Waals surface area contributed by atoms with E-state index in [4.69, 9.17) is 4.42 Å². The summed E-state index contributed by atoms with van der Waals surface area (Å²) in [4.78, 5) is 8.47. The maximum Gasteiger partial charge on any atom is 0.261 e. The van der Waals surface area contributed by atoms with Crippen molar-refractivity contribution < 1.29 is 4.42 Å². The van der Waals surface area contributed by atoms with Crippen LogP contribution in [0, 0.1) is 0 Å². The van der Waals surface area contributed by atoms with Crippen LogP contribution in [0.25, 0.3) is 0 Å². The molecule has 1 N–H and O–H groups in total. The van der Waals surface area contributed by atoms with Crippen LogP contribution in [0.5, 0.6) is 0 Å². The van der Waals surface area contributed by atoms with Crippen LogP contribution in [0.15, 0.2) is 45.5 Å². The van der Waals surface area contributed by atoms with Crippen molar-refractivity contribution in [2.75, 3.05) is 6.54 Å². The second-order valence-electron chi connectivity index (χ2n) is 3.58. The van der Waals surface area contributed by atoms with Crippen molar-refractivity contribution in [3.05, 3.63) is 36.4 Å². The first-order chi connectivity index (χ1) is 8.31. The van der Waals surface area contributed by atoms with Crippen LogP contribution in [0.1, 0.15) is 25.5 Å². The zero-order valence-electron chi connectivity index (χ0n) is 9.88. The molecule has 0 radical (unpaired) electrons. The summed E-state index contributed by atoms with van der Waals surface area (Å²) in [6, 6.07) is 4.29. The van der Waals surface area contributed by atoms with Gasteiger partial charge in [0.1, 0.15) is 11.3 Å². The monoisotopic (exact) mass is 249 g/mol. The van der Waals surface area contributed by atoms with Gasteiger partial charge in [0.15, 0.2) is 0 Å². The molecular formula is C12H15N3OS. The third-order valence-electron chi connectivity index (χ3n) is 2.37. The minimum absolute atomic E-state index is 0.270. The second kappa shape index (κ2) is 5.84. The molecule has 0 aliphatic rings. The molecule has 1 unspecified atom stereocenters. The smallest absolute Gasteiger partial charge is 0.261 e. The number of hydrogen-bond donors (Lipinski definition) is 1. The molecule has 2 aromatic heterocycles. The fraction of sp³-hybridized carbons (Fsp3) is 0.333. The normalized spacial score (nSPS) is 12.6. The average Bonchev–Trinajstić information content (AvgIpc) is 2.83. The topological polar surface area (TPSA) is 51.0 Å². The number of oxazole rings is 1. The Morgan fingerprint density at radius 2 is 2.29 bits per heavy atom. The molecule has 0 bridgehead atoms. The number of pyridine rings is 1. The quantitative estimate of drug-likeness (QED) is 0.883. The fourth-order valence-electron chi connectivity index (χ4n) is 1.58. The van der Waals surface area contributed by atoms with Crippen molar-refractivity contribution in [2.24, 2.45) is 0 Å². The summed E-state index contributed by atoms with van der Waals surface area (Å²) in [5.41, 5.74) is 1.16. The van der Waals surface area contributed by atoms with Crippen LogP contribution in [-0.4, -0.2) is 16.5 Å². The lowest BCUT2D eigenvalue weighted by atomic mass is 10.1. The minimum Gasteiger partial charge on any atom is -0.440 e. The Balaban J connectivity index is 2.21. The van der Waals surface area contributed by atoms with Gasteiger partial charge in [0.25, 0.3) is 5.22 Å². The highest BCUT2D eigenvalue weighted by Crippen LogP contribution is 2.30. The maximum absolute atomic E-state index is 5.22. The molecule has 0 saturated carbocycles. The SMILES string of the molecule is CCNC(C)c1cccnc1Sc1ncco1. The predicted molar refractivity (Wildman–Crippen MR) is 67.0 cm³/mol. The molecule has 0 fully saturated rings. The summed E-state index contributed by atoms with van der Waals surface area (Å²) in [5, 5.41) is 4.93. The third kappa shape index (κ3) is 3.08. The number of rotatable bonds is 5. The Bertz CT molecular complexity index is 459. The van der Waals surface area contributed by atoms with E-state index < -0.39 is 0 Å². The first kappa shape index (κ1) is 12.1. The molecule has 0 aromatic carbocycles. The Hall–Kier alpha value is -1.33. The highest BCUT2D eigenvalue weighted by molar-refractivity contribution is 7.99. The highest BCUT2D eigenvalue weighted by Gasteiger charge is 2.13. The van der Waals surface area contributed by atoms with Crippen LogP contribution in [0.4, 0.5) is 0 Å². The standard InChI is InChI=1S/C12H15N3OS/c1-3-13-9(2)10-5-4-6-14-11(10)17-12-15-7-8-16-12/h4-9,13H,3H2,1-2H3. The molecule has 4 nitrogen and oxygen atoms in total. The van der Waals surface area contributed by atoms with Gasteiger partial charge in [-0.2, -0.15) is 0 Å². The Kier molecular flexibility index (Phi) is 4.17. The van der Waals surface area contributed by atoms with E-state index in [1.54, 1.807) is 18.7 Å². The van der Waals surface area contributed by atoms with E-state index in [0.29, 0.717) is 5.22 Å². The summed E-state index contributed by atoms with van der Waals surface area (Å²) in [6.45, 7) is 5.15. The molecule has 0 aliphatic carbocycles. The van der Waals surface area contributed by atoms with Gasteiger partial charge in [-0.15, -0.1) is 0 Å². The molecule has 1 atom stereocenters. The summed E-state index contributed by atoms with van der Waals surface area (Å²) in [7, 11) is 0. The lowest BCUT2D eigenvalue weighted by Crippen LogP contribution is -2.18. The molecule has 17 heavy (non-hydrogen) atoms. The Labute approximate surface area is 105 Å². The molecular weight excluding hydrogens is 234 g/mol. The molecule has 0 spiro atoms. The molecule has 2 aromatic rings. The highest BCUT2D eigenvalue weighted by atomic mass is 32.2. The van der Waals surface area contributed by atoms with Gasteiger partial charge in [0.2, 0.25) is 0 Å². The van der Waals surface area contributed by atoms with E-state index in [2.05, 4.69) is 35.2 Å². The first-order valence-corrected chi connectivity index (χ1v) is 6.38. The third-order valence-corrected chi connectivity index (χ3v) is 3.28. The van der Waals surface area contributed by atoms with E-state index in [-0.39, 0.29) is 6.04 Å². The molecule has 90 valence electrons. The average molecular weight is 249 g/mol. The van der Waals surface area contributed by atoms with Crippen molar-refractivity contribution in [3.8, 4) is 0 Å². The van der Waals surface area contributed by atoms with Crippen molar-refractivity contribution in [1.82, 2.24) is 15.3 Å². The molecule has 0 amide bonds. The fourth-order valence-corrected chi connectivity index (χ4v) is 2.44. The predicted octanol–water partition coefficient (Wildman–Crippen LogP) is 2.89. The molecule has 2 heterocycles.